The summed E-state index contributed by atoms with van der Waals surface area (Å²) in [5, 5.41) is 0.600. The van der Waals surface area contributed by atoms with Crippen LogP contribution in [0.1, 0.15) is 28.7 Å². The zero-order valence-corrected chi connectivity index (χ0v) is 17.6. The Morgan fingerprint density at radius 3 is 2.30 bits per heavy atom. The molecule has 0 bridgehead atoms. The van der Waals surface area contributed by atoms with Crippen molar-refractivity contribution in [2.75, 3.05) is 13.6 Å². The predicted molar refractivity (Wildman–Crippen MR) is 108 cm³/mol. The highest BCUT2D eigenvalue weighted by Crippen LogP contribution is 2.21. The SMILES string of the molecule is Cc1cc(C)c(S(=O)(=O)NCCC(=O)N(C)Cc2ccccc2Cl)c(C)c1. The van der Waals surface area contributed by atoms with Gasteiger partial charge in [-0.1, -0.05) is 47.5 Å². The van der Waals surface area contributed by atoms with Crippen molar-refractivity contribution in [2.45, 2.75) is 38.6 Å². The number of nitrogens with one attached hydrogen (secondary N) is 1. The fraction of sp³-hybridized carbons (Fsp3) is 0.350. The number of rotatable bonds is 7. The Kier molecular flexibility index (Phi) is 7.03. The second kappa shape index (κ2) is 8.87. The van der Waals surface area contributed by atoms with Crippen LogP contribution in [-0.4, -0.2) is 32.8 Å². The van der Waals surface area contributed by atoms with Crippen LogP contribution in [-0.2, 0) is 21.4 Å². The highest BCUT2D eigenvalue weighted by Gasteiger charge is 2.20. The van der Waals surface area contributed by atoms with Crippen molar-refractivity contribution in [3.8, 4) is 0 Å². The van der Waals surface area contributed by atoms with E-state index in [4.69, 9.17) is 11.6 Å². The molecule has 146 valence electrons. The Hall–Kier alpha value is -1.89. The van der Waals surface area contributed by atoms with E-state index in [2.05, 4.69) is 4.72 Å². The van der Waals surface area contributed by atoms with E-state index in [0.29, 0.717) is 22.7 Å². The van der Waals surface area contributed by atoms with Gasteiger partial charge in [0, 0.05) is 31.6 Å². The van der Waals surface area contributed by atoms with Crippen LogP contribution in [0.25, 0.3) is 0 Å². The van der Waals surface area contributed by atoms with E-state index in [0.717, 1.165) is 11.1 Å². The first-order chi connectivity index (χ1) is 12.6. The van der Waals surface area contributed by atoms with Gasteiger partial charge in [-0.15, -0.1) is 0 Å². The number of sulfonamides is 1. The summed E-state index contributed by atoms with van der Waals surface area (Å²) in [5.74, 6) is -0.157. The zero-order chi connectivity index (χ0) is 20.2. The van der Waals surface area contributed by atoms with Crippen molar-refractivity contribution >= 4 is 27.5 Å². The maximum absolute atomic E-state index is 12.6. The summed E-state index contributed by atoms with van der Waals surface area (Å²) in [6.45, 7) is 5.90. The van der Waals surface area contributed by atoms with Gasteiger partial charge in [-0.2, -0.15) is 0 Å². The Morgan fingerprint density at radius 2 is 1.70 bits per heavy atom. The first-order valence-electron chi connectivity index (χ1n) is 8.66. The van der Waals surface area contributed by atoms with Crippen molar-refractivity contribution in [1.29, 1.82) is 0 Å². The van der Waals surface area contributed by atoms with Gasteiger partial charge in [-0.05, 0) is 43.5 Å². The standard InChI is InChI=1S/C20H25ClN2O3S/c1-14-11-15(2)20(16(3)12-14)27(25,26)22-10-9-19(24)23(4)13-17-7-5-6-8-18(17)21/h5-8,11-12,22H,9-10,13H2,1-4H3. The third kappa shape index (κ3) is 5.54. The van der Waals surface area contributed by atoms with Crippen LogP contribution in [0.5, 0.6) is 0 Å². The molecular formula is C20H25ClN2O3S. The third-order valence-corrected chi connectivity index (χ3v) is 6.43. The molecule has 0 spiro atoms. The number of carbonyl (C=O) groups excluding carboxylic acids is 1. The molecule has 1 amide bonds. The highest BCUT2D eigenvalue weighted by molar-refractivity contribution is 7.89. The van der Waals surface area contributed by atoms with Gasteiger partial charge >= 0.3 is 0 Å². The Bertz CT molecular complexity index is 919. The van der Waals surface area contributed by atoms with Crippen molar-refractivity contribution in [1.82, 2.24) is 9.62 Å². The molecule has 2 aromatic carbocycles. The van der Waals surface area contributed by atoms with Gasteiger partial charge in [0.05, 0.1) is 4.90 Å². The number of hydrogen-bond donors (Lipinski definition) is 1. The minimum absolute atomic E-state index is 0.0424. The quantitative estimate of drug-likeness (QED) is 0.761. The minimum atomic E-state index is -3.67. The molecular weight excluding hydrogens is 384 g/mol. The average Bonchev–Trinajstić information content (AvgIpc) is 2.55. The third-order valence-electron chi connectivity index (χ3n) is 4.30. The van der Waals surface area contributed by atoms with Gasteiger partial charge in [0.25, 0.3) is 0 Å². The fourth-order valence-corrected chi connectivity index (χ4v) is 4.79. The van der Waals surface area contributed by atoms with Crippen LogP contribution in [0, 0.1) is 20.8 Å². The lowest BCUT2D eigenvalue weighted by Crippen LogP contribution is -2.32. The molecule has 0 heterocycles. The van der Waals surface area contributed by atoms with Gasteiger partial charge in [0.1, 0.15) is 0 Å². The van der Waals surface area contributed by atoms with Crippen LogP contribution >= 0.6 is 11.6 Å². The zero-order valence-electron chi connectivity index (χ0n) is 16.0. The van der Waals surface area contributed by atoms with Crippen LogP contribution in [0.4, 0.5) is 0 Å². The molecule has 0 unspecified atom stereocenters. The second-order valence-corrected chi connectivity index (χ2v) is 8.83. The number of nitrogens with zero attached hydrogens (tertiary/aromatic N) is 1. The fourth-order valence-electron chi connectivity index (χ4n) is 3.12. The summed E-state index contributed by atoms with van der Waals surface area (Å²) < 4.78 is 27.8. The summed E-state index contributed by atoms with van der Waals surface area (Å²) in [5.41, 5.74) is 3.26. The number of aryl methyl sites for hydroxylation is 3. The summed E-state index contributed by atoms with van der Waals surface area (Å²) in [7, 11) is -1.99. The van der Waals surface area contributed by atoms with E-state index >= 15 is 0 Å². The Labute approximate surface area is 166 Å². The predicted octanol–water partition coefficient (Wildman–Crippen LogP) is 3.59. The monoisotopic (exact) mass is 408 g/mol. The van der Waals surface area contributed by atoms with Crippen molar-refractivity contribution in [3.05, 3.63) is 63.7 Å². The molecule has 2 aromatic rings. The van der Waals surface area contributed by atoms with Crippen molar-refractivity contribution < 1.29 is 13.2 Å². The van der Waals surface area contributed by atoms with Crippen LogP contribution in [0.2, 0.25) is 5.02 Å². The molecule has 0 aliphatic heterocycles. The van der Waals surface area contributed by atoms with Gasteiger partial charge in [0.2, 0.25) is 15.9 Å². The first kappa shape index (κ1) is 21.4. The number of benzene rings is 2. The molecule has 2 rings (SSSR count). The first-order valence-corrected chi connectivity index (χ1v) is 10.5. The molecule has 0 atom stereocenters. The second-order valence-electron chi connectivity index (χ2n) is 6.72. The molecule has 0 radical (unpaired) electrons. The van der Waals surface area contributed by atoms with E-state index in [1.807, 2.05) is 37.3 Å². The molecule has 0 aliphatic rings. The highest BCUT2D eigenvalue weighted by atomic mass is 35.5. The van der Waals surface area contributed by atoms with Gasteiger partial charge in [-0.3, -0.25) is 4.79 Å². The molecule has 0 aliphatic carbocycles. The maximum atomic E-state index is 12.6. The van der Waals surface area contributed by atoms with Gasteiger partial charge < -0.3 is 4.90 Å². The van der Waals surface area contributed by atoms with E-state index in [1.54, 1.807) is 27.0 Å². The summed E-state index contributed by atoms with van der Waals surface area (Å²) in [6, 6.07) is 11.0. The Morgan fingerprint density at radius 1 is 1.11 bits per heavy atom. The molecule has 0 saturated carbocycles. The molecule has 0 fully saturated rings. The van der Waals surface area contributed by atoms with Crippen molar-refractivity contribution in [3.63, 3.8) is 0 Å². The number of amides is 1. The minimum Gasteiger partial charge on any atom is -0.341 e. The molecule has 27 heavy (non-hydrogen) atoms. The van der Waals surface area contributed by atoms with E-state index in [-0.39, 0.29) is 23.8 Å². The lowest BCUT2D eigenvalue weighted by molar-refractivity contribution is -0.130. The van der Waals surface area contributed by atoms with E-state index in [1.165, 1.54) is 4.90 Å². The number of halogens is 1. The van der Waals surface area contributed by atoms with E-state index in [9.17, 15) is 13.2 Å². The smallest absolute Gasteiger partial charge is 0.241 e. The average molecular weight is 409 g/mol. The maximum Gasteiger partial charge on any atom is 0.241 e. The van der Waals surface area contributed by atoms with Crippen LogP contribution < -0.4 is 4.72 Å². The molecule has 7 heteroatoms. The lowest BCUT2D eigenvalue weighted by atomic mass is 10.1. The van der Waals surface area contributed by atoms with E-state index < -0.39 is 10.0 Å². The molecule has 0 aromatic heterocycles. The number of hydrogen-bond acceptors (Lipinski definition) is 3. The molecule has 5 nitrogen and oxygen atoms in total. The summed E-state index contributed by atoms with van der Waals surface area (Å²) in [6.07, 6.45) is 0.0736. The largest absolute Gasteiger partial charge is 0.341 e. The lowest BCUT2D eigenvalue weighted by Gasteiger charge is -2.18. The van der Waals surface area contributed by atoms with Gasteiger partial charge in [0.15, 0.2) is 0 Å². The number of carbonyl (C=O) groups is 1. The Balaban J connectivity index is 1.97. The normalized spacial score (nSPS) is 11.4. The van der Waals surface area contributed by atoms with Crippen LogP contribution in [0.15, 0.2) is 41.3 Å². The topological polar surface area (TPSA) is 66.5 Å². The summed E-state index contributed by atoms with van der Waals surface area (Å²) in [4.78, 5) is 14.1. The summed E-state index contributed by atoms with van der Waals surface area (Å²) >= 11 is 6.12. The van der Waals surface area contributed by atoms with Crippen molar-refractivity contribution in [2.24, 2.45) is 0 Å². The van der Waals surface area contributed by atoms with Gasteiger partial charge in [-0.25, -0.2) is 13.1 Å². The molecule has 0 saturated heterocycles. The molecule has 1 N–H and O–H groups in total. The van der Waals surface area contributed by atoms with Crippen LogP contribution in [0.3, 0.4) is 0 Å².